The Balaban J connectivity index is 1.18. The molecule has 0 unspecified atom stereocenters. The number of benzene rings is 6. The molecule has 0 aliphatic carbocycles. The summed E-state index contributed by atoms with van der Waals surface area (Å²) in [6, 6.07) is 49.2. The Kier molecular flexibility index (Phi) is 5.86. The van der Waals surface area contributed by atoms with Crippen LogP contribution >= 0.6 is 22.7 Å². The molecule has 3 nitrogen and oxygen atoms in total. The second-order valence-corrected chi connectivity index (χ2v) is 13.0. The number of nitrogens with zero attached hydrogens (tertiary/aromatic N) is 3. The van der Waals surface area contributed by atoms with Crippen LogP contribution in [0.3, 0.4) is 0 Å². The van der Waals surface area contributed by atoms with Gasteiger partial charge in [0.1, 0.15) is 0 Å². The lowest BCUT2D eigenvalue weighted by Crippen LogP contribution is -2.00. The molecule has 0 aliphatic heterocycles. The van der Waals surface area contributed by atoms with E-state index in [0.29, 0.717) is 17.5 Å². The Bertz CT molecular complexity index is 2510. The van der Waals surface area contributed by atoms with Crippen molar-refractivity contribution in [2.75, 3.05) is 0 Å². The molecule has 9 aromatic rings. The monoisotopic (exact) mass is 597 g/mol. The summed E-state index contributed by atoms with van der Waals surface area (Å²) in [4.78, 5) is 15.0. The number of fused-ring (bicyclic) bond motifs is 6. The molecule has 206 valence electrons. The fourth-order valence-electron chi connectivity index (χ4n) is 5.96. The Labute approximate surface area is 261 Å². The minimum absolute atomic E-state index is 0.662. The number of hydrogen-bond donors (Lipinski definition) is 0. The molecule has 9 rings (SSSR count). The molecule has 0 spiro atoms. The second-order valence-electron chi connectivity index (χ2n) is 10.9. The topological polar surface area (TPSA) is 38.7 Å². The highest BCUT2D eigenvalue weighted by Gasteiger charge is 2.15. The van der Waals surface area contributed by atoms with Crippen LogP contribution in [0.2, 0.25) is 0 Å². The van der Waals surface area contributed by atoms with Gasteiger partial charge < -0.3 is 0 Å². The van der Waals surface area contributed by atoms with Crippen molar-refractivity contribution in [2.45, 2.75) is 0 Å². The molecule has 5 heteroatoms. The minimum atomic E-state index is 0.662. The summed E-state index contributed by atoms with van der Waals surface area (Å²) in [5.74, 6) is 2.00. The van der Waals surface area contributed by atoms with Crippen LogP contribution in [0.1, 0.15) is 0 Å². The van der Waals surface area contributed by atoms with Crippen LogP contribution in [0.5, 0.6) is 0 Å². The van der Waals surface area contributed by atoms with Gasteiger partial charge >= 0.3 is 0 Å². The van der Waals surface area contributed by atoms with Gasteiger partial charge in [-0.2, -0.15) is 0 Å². The van der Waals surface area contributed by atoms with Gasteiger partial charge in [-0.1, -0.05) is 109 Å². The maximum absolute atomic E-state index is 5.06. The Morgan fingerprint density at radius 2 is 0.727 bits per heavy atom. The van der Waals surface area contributed by atoms with Gasteiger partial charge in [-0.05, 0) is 41.5 Å². The van der Waals surface area contributed by atoms with Gasteiger partial charge in [0.25, 0.3) is 0 Å². The third-order valence-corrected chi connectivity index (χ3v) is 10.4. The van der Waals surface area contributed by atoms with Gasteiger partial charge in [0, 0.05) is 57.0 Å². The largest absolute Gasteiger partial charge is 0.208 e. The summed E-state index contributed by atoms with van der Waals surface area (Å²) in [6.07, 6.45) is 0. The minimum Gasteiger partial charge on any atom is -0.208 e. The molecule has 0 aliphatic rings. The zero-order chi connectivity index (χ0) is 29.0. The van der Waals surface area contributed by atoms with Gasteiger partial charge in [0.15, 0.2) is 17.5 Å². The summed E-state index contributed by atoms with van der Waals surface area (Å²) in [5.41, 5.74) is 5.22. The summed E-state index contributed by atoms with van der Waals surface area (Å²) in [7, 11) is 0. The SMILES string of the molecule is c1ccc(-c2nc(-c3cccc(-c4ccc5c(c4)sc4ccccc45)c3)nc(-c3ccc4c(c3)sc3ccccc34)n2)cc1. The van der Waals surface area contributed by atoms with Crippen molar-refractivity contribution < 1.29 is 0 Å². The third kappa shape index (κ3) is 4.29. The molecular formula is C39H23N3S2. The maximum Gasteiger partial charge on any atom is 0.164 e. The van der Waals surface area contributed by atoms with Crippen LogP contribution < -0.4 is 0 Å². The quantitative estimate of drug-likeness (QED) is 0.203. The van der Waals surface area contributed by atoms with Crippen LogP contribution in [0.15, 0.2) is 140 Å². The second kappa shape index (κ2) is 10.2. The lowest BCUT2D eigenvalue weighted by atomic mass is 10.0. The molecule has 0 amide bonds. The molecule has 3 heterocycles. The molecule has 0 saturated carbocycles. The molecule has 0 bridgehead atoms. The van der Waals surface area contributed by atoms with Crippen molar-refractivity contribution in [3.8, 4) is 45.3 Å². The van der Waals surface area contributed by atoms with Crippen molar-refractivity contribution in [3.05, 3.63) is 140 Å². The van der Waals surface area contributed by atoms with Crippen molar-refractivity contribution >= 4 is 63.0 Å². The highest BCUT2D eigenvalue weighted by Crippen LogP contribution is 2.38. The fourth-order valence-corrected chi connectivity index (χ4v) is 8.25. The predicted molar refractivity (Wildman–Crippen MR) is 187 cm³/mol. The summed E-state index contributed by atoms with van der Waals surface area (Å²) in [6.45, 7) is 0. The van der Waals surface area contributed by atoms with Crippen molar-refractivity contribution in [3.63, 3.8) is 0 Å². The smallest absolute Gasteiger partial charge is 0.164 e. The van der Waals surface area contributed by atoms with Crippen LogP contribution in [0.4, 0.5) is 0 Å². The van der Waals surface area contributed by atoms with E-state index in [9.17, 15) is 0 Å². The number of rotatable bonds is 4. The van der Waals surface area contributed by atoms with Crippen molar-refractivity contribution in [1.29, 1.82) is 0 Å². The lowest BCUT2D eigenvalue weighted by molar-refractivity contribution is 1.07. The van der Waals surface area contributed by atoms with Gasteiger partial charge in [-0.25, -0.2) is 15.0 Å². The van der Waals surface area contributed by atoms with E-state index in [-0.39, 0.29) is 0 Å². The van der Waals surface area contributed by atoms with E-state index in [1.807, 2.05) is 29.5 Å². The molecule has 0 atom stereocenters. The van der Waals surface area contributed by atoms with E-state index in [1.54, 1.807) is 11.3 Å². The average molecular weight is 598 g/mol. The van der Waals surface area contributed by atoms with Crippen LogP contribution in [0.25, 0.3) is 85.6 Å². The lowest BCUT2D eigenvalue weighted by Gasteiger charge is -2.10. The van der Waals surface area contributed by atoms with Gasteiger partial charge in [0.2, 0.25) is 0 Å². The van der Waals surface area contributed by atoms with E-state index >= 15 is 0 Å². The van der Waals surface area contributed by atoms with E-state index in [1.165, 1.54) is 45.9 Å². The zero-order valence-electron chi connectivity index (χ0n) is 23.4. The molecule has 6 aromatic carbocycles. The van der Waals surface area contributed by atoms with E-state index in [2.05, 4.69) is 121 Å². The Morgan fingerprint density at radius 1 is 0.295 bits per heavy atom. The van der Waals surface area contributed by atoms with Gasteiger partial charge in [-0.3, -0.25) is 0 Å². The summed E-state index contributed by atoms with van der Waals surface area (Å²) < 4.78 is 5.12. The number of hydrogen-bond acceptors (Lipinski definition) is 5. The van der Waals surface area contributed by atoms with E-state index in [4.69, 9.17) is 15.0 Å². The molecule has 0 radical (unpaired) electrons. The average Bonchev–Trinajstić information content (AvgIpc) is 3.66. The molecule has 3 aromatic heterocycles. The first-order valence-electron chi connectivity index (χ1n) is 14.5. The number of thiophene rings is 2. The third-order valence-electron chi connectivity index (χ3n) is 8.14. The van der Waals surface area contributed by atoms with Crippen LogP contribution in [-0.4, -0.2) is 15.0 Å². The first kappa shape index (κ1) is 25.3. The predicted octanol–water partition coefficient (Wildman–Crippen LogP) is 11.3. The number of aromatic nitrogens is 3. The fraction of sp³-hybridized carbons (Fsp3) is 0. The normalized spacial score (nSPS) is 11.6. The van der Waals surface area contributed by atoms with Gasteiger partial charge in [-0.15, -0.1) is 22.7 Å². The summed E-state index contributed by atoms with van der Waals surface area (Å²) in [5, 5.41) is 5.16. The Hall–Kier alpha value is -5.23. The van der Waals surface area contributed by atoms with Crippen LogP contribution in [-0.2, 0) is 0 Å². The van der Waals surface area contributed by atoms with Crippen molar-refractivity contribution in [1.82, 2.24) is 15.0 Å². The standard InChI is InChI=1S/C39H23N3S2/c1-2-9-24(10-3-1)37-40-38(42-39(41-37)28-18-20-32-30-14-5-7-16-34(30)44-36(32)23-28)27-12-8-11-25(21-27)26-17-19-31-29-13-4-6-15-33(29)43-35(31)22-26/h1-23H. The Morgan fingerprint density at radius 3 is 1.39 bits per heavy atom. The first-order valence-corrected chi connectivity index (χ1v) is 16.2. The zero-order valence-corrected chi connectivity index (χ0v) is 25.1. The van der Waals surface area contributed by atoms with Crippen LogP contribution in [0, 0.1) is 0 Å². The molecule has 0 fully saturated rings. The van der Waals surface area contributed by atoms with E-state index in [0.717, 1.165) is 22.3 Å². The first-order chi connectivity index (χ1) is 21.8. The van der Waals surface area contributed by atoms with Crippen molar-refractivity contribution in [2.24, 2.45) is 0 Å². The maximum atomic E-state index is 5.06. The highest BCUT2D eigenvalue weighted by molar-refractivity contribution is 7.26. The summed E-state index contributed by atoms with van der Waals surface area (Å²) >= 11 is 3.64. The molecule has 0 N–H and O–H groups in total. The molecule has 44 heavy (non-hydrogen) atoms. The molecular weight excluding hydrogens is 575 g/mol. The van der Waals surface area contributed by atoms with Gasteiger partial charge in [0.05, 0.1) is 0 Å². The van der Waals surface area contributed by atoms with E-state index < -0.39 is 0 Å². The molecule has 0 saturated heterocycles. The highest BCUT2D eigenvalue weighted by atomic mass is 32.1.